The third-order valence-electron chi connectivity index (χ3n) is 4.65. The molecule has 0 bridgehead atoms. The van der Waals surface area contributed by atoms with Crippen molar-refractivity contribution >= 4 is 21.7 Å². The van der Waals surface area contributed by atoms with E-state index in [9.17, 15) is 13.2 Å². The first-order chi connectivity index (χ1) is 15.4. The molecule has 4 aromatic rings. The number of anilines is 1. The number of hydrogen-bond acceptors (Lipinski definition) is 6. The highest BCUT2D eigenvalue weighted by Gasteiger charge is 2.13. The lowest BCUT2D eigenvalue weighted by Crippen LogP contribution is -2.18. The Kier molecular flexibility index (Phi) is 5.95. The van der Waals surface area contributed by atoms with Crippen LogP contribution in [0, 0.1) is 0 Å². The molecule has 10 heteroatoms. The van der Waals surface area contributed by atoms with Crippen molar-refractivity contribution in [3.8, 4) is 17.1 Å². The van der Waals surface area contributed by atoms with Gasteiger partial charge in [0.1, 0.15) is 5.69 Å². The first kappa shape index (κ1) is 21.2. The average molecular weight is 449 g/mol. The van der Waals surface area contributed by atoms with Gasteiger partial charge in [0.15, 0.2) is 0 Å². The third-order valence-corrected chi connectivity index (χ3v) is 5.94. The van der Waals surface area contributed by atoms with Gasteiger partial charge >= 0.3 is 5.97 Å². The molecule has 9 nitrogen and oxygen atoms in total. The summed E-state index contributed by atoms with van der Waals surface area (Å²) in [6.07, 6.45) is 3.39. The maximum absolute atomic E-state index is 12.5. The molecule has 0 aliphatic carbocycles. The number of hydrogen-bond donors (Lipinski definition) is 2. The van der Waals surface area contributed by atoms with E-state index in [4.69, 9.17) is 5.11 Å². The predicted molar refractivity (Wildman–Crippen MR) is 119 cm³/mol. The summed E-state index contributed by atoms with van der Waals surface area (Å²) >= 11 is 0. The van der Waals surface area contributed by atoms with E-state index in [0.717, 1.165) is 5.56 Å². The largest absolute Gasteiger partial charge is 0.478 e. The molecule has 0 spiro atoms. The van der Waals surface area contributed by atoms with Crippen molar-refractivity contribution in [1.29, 1.82) is 0 Å². The molecule has 0 unspecified atom stereocenters. The summed E-state index contributed by atoms with van der Waals surface area (Å²) in [5.74, 6) is -1.10. The summed E-state index contributed by atoms with van der Waals surface area (Å²) in [6, 6.07) is 19.0. The Balaban J connectivity index is 1.50. The van der Waals surface area contributed by atoms with Crippen molar-refractivity contribution in [2.24, 2.45) is 0 Å². The number of sulfonamides is 1. The summed E-state index contributed by atoms with van der Waals surface area (Å²) < 4.78 is 29.0. The number of carboxylic acids is 1. The Hall–Kier alpha value is -4.05. The molecule has 2 N–H and O–H groups in total. The number of aromatic carboxylic acids is 1. The van der Waals surface area contributed by atoms with Crippen molar-refractivity contribution in [3.05, 3.63) is 90.3 Å². The van der Waals surface area contributed by atoms with Gasteiger partial charge in [-0.05, 0) is 42.3 Å². The SMILES string of the molecule is O=C(O)c1ccnc(-c2cn(-c3cccc(NS(=O)(=O)CCc4ccccc4)c3)nn2)c1. The van der Waals surface area contributed by atoms with Gasteiger partial charge in [-0.2, -0.15) is 0 Å². The monoisotopic (exact) mass is 449 g/mol. The summed E-state index contributed by atoms with van der Waals surface area (Å²) in [7, 11) is -3.54. The van der Waals surface area contributed by atoms with Crippen molar-refractivity contribution in [2.45, 2.75) is 6.42 Å². The second-order valence-electron chi connectivity index (χ2n) is 6.99. The zero-order valence-corrected chi connectivity index (χ0v) is 17.6. The van der Waals surface area contributed by atoms with Crippen LogP contribution in [0.5, 0.6) is 0 Å². The predicted octanol–water partition coefficient (Wildman–Crippen LogP) is 3.01. The Labute approximate surface area is 184 Å². The van der Waals surface area contributed by atoms with Crippen LogP contribution in [0.15, 0.2) is 79.1 Å². The molecular formula is C22H19N5O4S. The van der Waals surface area contributed by atoms with Gasteiger partial charge in [-0.3, -0.25) is 9.71 Å². The first-order valence-electron chi connectivity index (χ1n) is 9.66. The lowest BCUT2D eigenvalue weighted by Gasteiger charge is -2.09. The van der Waals surface area contributed by atoms with Crippen LogP contribution in [-0.2, 0) is 16.4 Å². The molecule has 0 radical (unpaired) electrons. The smallest absolute Gasteiger partial charge is 0.335 e. The molecule has 2 aromatic heterocycles. The summed E-state index contributed by atoms with van der Waals surface area (Å²) in [5.41, 5.74) is 2.79. The van der Waals surface area contributed by atoms with E-state index in [1.54, 1.807) is 30.5 Å². The normalized spacial score (nSPS) is 11.2. The maximum Gasteiger partial charge on any atom is 0.335 e. The van der Waals surface area contributed by atoms with E-state index >= 15 is 0 Å². The van der Waals surface area contributed by atoms with Crippen LogP contribution in [0.2, 0.25) is 0 Å². The fraction of sp³-hybridized carbons (Fsp3) is 0.0909. The zero-order valence-electron chi connectivity index (χ0n) is 16.8. The second-order valence-corrected chi connectivity index (χ2v) is 8.83. The highest BCUT2D eigenvalue weighted by molar-refractivity contribution is 7.92. The number of aryl methyl sites for hydroxylation is 1. The van der Waals surface area contributed by atoms with Gasteiger partial charge in [-0.25, -0.2) is 17.9 Å². The number of carboxylic acid groups (broad SMARTS) is 1. The van der Waals surface area contributed by atoms with E-state index in [-0.39, 0.29) is 11.3 Å². The van der Waals surface area contributed by atoms with Crippen LogP contribution >= 0.6 is 0 Å². The molecule has 0 aliphatic rings. The summed E-state index contributed by atoms with van der Waals surface area (Å²) in [4.78, 5) is 15.3. The van der Waals surface area contributed by atoms with Gasteiger partial charge in [0.05, 0.1) is 34.6 Å². The van der Waals surface area contributed by atoms with Crippen LogP contribution in [0.3, 0.4) is 0 Å². The minimum Gasteiger partial charge on any atom is -0.478 e. The number of benzene rings is 2. The fourth-order valence-electron chi connectivity index (χ4n) is 3.05. The van der Waals surface area contributed by atoms with Gasteiger partial charge in [0.2, 0.25) is 10.0 Å². The maximum atomic E-state index is 12.5. The van der Waals surface area contributed by atoms with Gasteiger partial charge in [-0.15, -0.1) is 5.10 Å². The van der Waals surface area contributed by atoms with Gasteiger partial charge in [0.25, 0.3) is 0 Å². The number of pyridine rings is 1. The summed E-state index contributed by atoms with van der Waals surface area (Å²) in [5, 5.41) is 17.2. The third kappa shape index (κ3) is 5.16. The molecule has 0 amide bonds. The summed E-state index contributed by atoms with van der Waals surface area (Å²) in [6.45, 7) is 0. The van der Waals surface area contributed by atoms with Crippen LogP contribution in [0.4, 0.5) is 5.69 Å². The molecule has 2 aromatic carbocycles. The number of nitrogens with zero attached hydrogens (tertiary/aromatic N) is 4. The van der Waals surface area contributed by atoms with E-state index in [1.807, 2.05) is 30.3 Å². The van der Waals surface area contributed by atoms with Crippen molar-refractivity contribution in [3.63, 3.8) is 0 Å². The lowest BCUT2D eigenvalue weighted by atomic mass is 10.2. The standard InChI is InChI=1S/C22H19N5O4S/c28-22(29)17-9-11-23-20(13-17)21-15-27(26-24-21)19-8-4-7-18(14-19)25-32(30,31)12-10-16-5-2-1-3-6-16/h1-9,11,13-15,25H,10,12H2,(H,28,29). The van der Waals surface area contributed by atoms with Crippen molar-refractivity contribution in [2.75, 3.05) is 10.5 Å². The number of aromatic nitrogens is 4. The van der Waals surface area contributed by atoms with E-state index in [2.05, 4.69) is 20.0 Å². The molecule has 4 rings (SSSR count). The Morgan fingerprint density at radius 2 is 1.81 bits per heavy atom. The Bertz CT molecular complexity index is 1350. The van der Waals surface area contributed by atoms with E-state index < -0.39 is 16.0 Å². The molecule has 32 heavy (non-hydrogen) atoms. The highest BCUT2D eigenvalue weighted by Crippen LogP contribution is 2.19. The van der Waals surface area contributed by atoms with Crippen molar-refractivity contribution < 1.29 is 18.3 Å². The van der Waals surface area contributed by atoms with Crippen LogP contribution in [0.25, 0.3) is 17.1 Å². The Morgan fingerprint density at radius 3 is 2.59 bits per heavy atom. The molecule has 0 fully saturated rings. The molecule has 0 saturated heterocycles. The molecule has 162 valence electrons. The highest BCUT2D eigenvalue weighted by atomic mass is 32.2. The molecule has 2 heterocycles. The van der Waals surface area contributed by atoms with Crippen LogP contribution < -0.4 is 4.72 Å². The second kappa shape index (κ2) is 8.98. The molecule has 0 aliphatic heterocycles. The average Bonchev–Trinajstić information content (AvgIpc) is 3.29. The van der Waals surface area contributed by atoms with Gasteiger partial charge in [-0.1, -0.05) is 41.6 Å². The van der Waals surface area contributed by atoms with Crippen molar-refractivity contribution in [1.82, 2.24) is 20.0 Å². The minimum absolute atomic E-state index is 0.0414. The van der Waals surface area contributed by atoms with Gasteiger partial charge < -0.3 is 5.11 Å². The quantitative estimate of drug-likeness (QED) is 0.423. The minimum atomic E-state index is -3.54. The molecule has 0 atom stereocenters. The Morgan fingerprint density at radius 1 is 1.00 bits per heavy atom. The first-order valence-corrected chi connectivity index (χ1v) is 11.3. The van der Waals surface area contributed by atoms with E-state index in [0.29, 0.717) is 29.2 Å². The molecule has 0 saturated carbocycles. The topological polar surface area (TPSA) is 127 Å². The lowest BCUT2D eigenvalue weighted by molar-refractivity contribution is 0.0696. The van der Waals surface area contributed by atoms with E-state index in [1.165, 1.54) is 23.0 Å². The number of carbonyl (C=O) groups is 1. The number of nitrogens with one attached hydrogen (secondary N) is 1. The van der Waals surface area contributed by atoms with Gasteiger partial charge in [0, 0.05) is 6.20 Å². The van der Waals surface area contributed by atoms with Crippen LogP contribution in [-0.4, -0.2) is 45.2 Å². The van der Waals surface area contributed by atoms with Crippen LogP contribution in [0.1, 0.15) is 15.9 Å². The molecular weight excluding hydrogens is 430 g/mol. The fourth-order valence-corrected chi connectivity index (χ4v) is 4.14. The zero-order chi connectivity index (χ0) is 22.6. The number of rotatable bonds is 8.